The Balaban J connectivity index is 2.09. The molecule has 0 spiro atoms. The Morgan fingerprint density at radius 2 is 1.92 bits per heavy atom. The molecule has 1 saturated carbocycles. The summed E-state index contributed by atoms with van der Waals surface area (Å²) in [7, 11) is 0. The fraction of sp³-hybridized carbons (Fsp3) is 1.00. The van der Waals surface area contributed by atoms with Crippen molar-refractivity contribution in [3.05, 3.63) is 0 Å². The van der Waals surface area contributed by atoms with Crippen LogP contribution in [0, 0.1) is 5.92 Å². The predicted molar refractivity (Wildman–Crippen MR) is 46.8 cm³/mol. The molecule has 0 bridgehead atoms. The Kier molecular flexibility index (Phi) is 1.92. The van der Waals surface area contributed by atoms with Crippen LogP contribution in [0.3, 0.4) is 0 Å². The maximum absolute atomic E-state index is 5.84. The smallest absolute Gasteiger partial charge is 0.163 e. The maximum atomic E-state index is 5.84. The molecule has 1 aliphatic carbocycles. The fourth-order valence-corrected chi connectivity index (χ4v) is 2.37. The Bertz CT molecular complexity index is 177. The van der Waals surface area contributed by atoms with E-state index in [1.165, 1.54) is 19.3 Å². The van der Waals surface area contributed by atoms with Gasteiger partial charge in [-0.2, -0.15) is 0 Å². The van der Waals surface area contributed by atoms with E-state index in [1.54, 1.807) is 0 Å². The van der Waals surface area contributed by atoms with Crippen LogP contribution in [0.2, 0.25) is 0 Å². The lowest BCUT2D eigenvalue weighted by Gasteiger charge is -2.28. The van der Waals surface area contributed by atoms with Gasteiger partial charge in [-0.3, -0.25) is 0 Å². The van der Waals surface area contributed by atoms with E-state index in [-0.39, 0.29) is 5.79 Å². The lowest BCUT2D eigenvalue weighted by atomic mass is 9.86. The molecular weight excluding hydrogens is 152 g/mol. The van der Waals surface area contributed by atoms with Gasteiger partial charge in [0.2, 0.25) is 0 Å². The summed E-state index contributed by atoms with van der Waals surface area (Å²) in [5, 5.41) is 0. The molecule has 3 atom stereocenters. The Hall–Kier alpha value is -0.0800. The average Bonchev–Trinajstić information content (AvgIpc) is 2.25. The first kappa shape index (κ1) is 8.52. The standard InChI is InChI=1S/C10H18O2/c1-7-5-4-6-8-9(7)12-10(2,3)11-8/h7-9H,4-6H2,1-3H3/t7-,8-,9+/m0/s1. The number of ether oxygens (including phenoxy) is 2. The molecule has 12 heavy (non-hydrogen) atoms. The van der Waals surface area contributed by atoms with Gasteiger partial charge in [0.1, 0.15) is 0 Å². The normalized spacial score (nSPS) is 45.8. The molecule has 2 heteroatoms. The molecule has 2 aliphatic rings. The number of fused-ring (bicyclic) bond motifs is 1. The van der Waals surface area contributed by atoms with Crippen molar-refractivity contribution < 1.29 is 9.47 Å². The molecule has 0 aromatic heterocycles. The molecule has 1 aliphatic heterocycles. The maximum Gasteiger partial charge on any atom is 0.163 e. The van der Waals surface area contributed by atoms with Crippen LogP contribution in [0.25, 0.3) is 0 Å². The first-order valence-electron chi connectivity index (χ1n) is 4.94. The van der Waals surface area contributed by atoms with Crippen LogP contribution in [-0.4, -0.2) is 18.0 Å². The van der Waals surface area contributed by atoms with Crippen molar-refractivity contribution in [1.29, 1.82) is 0 Å². The summed E-state index contributed by atoms with van der Waals surface area (Å²) in [4.78, 5) is 0. The highest BCUT2D eigenvalue weighted by molar-refractivity contribution is 4.88. The summed E-state index contributed by atoms with van der Waals surface area (Å²) >= 11 is 0. The summed E-state index contributed by atoms with van der Waals surface area (Å²) in [5.41, 5.74) is 0. The van der Waals surface area contributed by atoms with E-state index < -0.39 is 0 Å². The minimum atomic E-state index is -0.339. The van der Waals surface area contributed by atoms with Crippen LogP contribution >= 0.6 is 0 Å². The number of hydrogen-bond donors (Lipinski definition) is 0. The summed E-state index contributed by atoms with van der Waals surface area (Å²) in [6.45, 7) is 6.29. The van der Waals surface area contributed by atoms with Gasteiger partial charge in [-0.1, -0.05) is 13.3 Å². The molecule has 0 amide bonds. The summed E-state index contributed by atoms with van der Waals surface area (Å²) in [5.74, 6) is 0.332. The highest BCUT2D eigenvalue weighted by Crippen LogP contribution is 2.39. The molecule has 0 unspecified atom stereocenters. The highest BCUT2D eigenvalue weighted by atomic mass is 16.8. The van der Waals surface area contributed by atoms with Crippen LogP contribution in [0.5, 0.6) is 0 Å². The topological polar surface area (TPSA) is 18.5 Å². The van der Waals surface area contributed by atoms with Crippen molar-refractivity contribution in [3.63, 3.8) is 0 Å². The van der Waals surface area contributed by atoms with Crippen LogP contribution in [-0.2, 0) is 9.47 Å². The zero-order valence-corrected chi connectivity index (χ0v) is 8.17. The van der Waals surface area contributed by atoms with Crippen LogP contribution in [0.15, 0.2) is 0 Å². The van der Waals surface area contributed by atoms with Gasteiger partial charge in [0.25, 0.3) is 0 Å². The zero-order valence-electron chi connectivity index (χ0n) is 8.17. The second-order valence-corrected chi connectivity index (χ2v) is 4.55. The molecule has 2 nitrogen and oxygen atoms in total. The first-order chi connectivity index (χ1) is 5.58. The third-order valence-corrected chi connectivity index (χ3v) is 2.93. The minimum Gasteiger partial charge on any atom is -0.345 e. The molecule has 70 valence electrons. The molecule has 0 radical (unpaired) electrons. The van der Waals surface area contributed by atoms with Gasteiger partial charge in [0.05, 0.1) is 12.2 Å². The zero-order chi connectivity index (χ0) is 8.77. The molecule has 2 rings (SSSR count). The molecular formula is C10H18O2. The number of rotatable bonds is 0. The van der Waals surface area contributed by atoms with Crippen LogP contribution in [0.4, 0.5) is 0 Å². The summed E-state index contributed by atoms with van der Waals surface area (Å²) in [6.07, 6.45) is 4.48. The van der Waals surface area contributed by atoms with E-state index in [0.717, 1.165) is 0 Å². The molecule has 0 aromatic carbocycles. The van der Waals surface area contributed by atoms with Crippen molar-refractivity contribution in [2.24, 2.45) is 5.92 Å². The van der Waals surface area contributed by atoms with E-state index in [4.69, 9.17) is 9.47 Å². The van der Waals surface area contributed by atoms with Crippen molar-refractivity contribution >= 4 is 0 Å². The predicted octanol–water partition coefficient (Wildman–Crippen LogP) is 2.33. The molecule has 2 fully saturated rings. The van der Waals surface area contributed by atoms with E-state index in [1.807, 2.05) is 13.8 Å². The van der Waals surface area contributed by atoms with Gasteiger partial charge in [-0.15, -0.1) is 0 Å². The van der Waals surface area contributed by atoms with Gasteiger partial charge in [0, 0.05) is 0 Å². The quantitative estimate of drug-likeness (QED) is 0.555. The Morgan fingerprint density at radius 3 is 2.58 bits per heavy atom. The molecule has 0 aromatic rings. The monoisotopic (exact) mass is 170 g/mol. The lowest BCUT2D eigenvalue weighted by Crippen LogP contribution is -2.33. The highest BCUT2D eigenvalue weighted by Gasteiger charge is 2.45. The van der Waals surface area contributed by atoms with E-state index >= 15 is 0 Å². The van der Waals surface area contributed by atoms with Crippen molar-refractivity contribution in [2.75, 3.05) is 0 Å². The average molecular weight is 170 g/mol. The van der Waals surface area contributed by atoms with Crippen molar-refractivity contribution in [3.8, 4) is 0 Å². The van der Waals surface area contributed by atoms with Gasteiger partial charge in [0.15, 0.2) is 5.79 Å². The van der Waals surface area contributed by atoms with Gasteiger partial charge >= 0.3 is 0 Å². The third kappa shape index (κ3) is 1.38. The van der Waals surface area contributed by atoms with Crippen molar-refractivity contribution in [1.82, 2.24) is 0 Å². The van der Waals surface area contributed by atoms with Gasteiger partial charge in [-0.05, 0) is 32.6 Å². The molecule has 1 saturated heterocycles. The van der Waals surface area contributed by atoms with E-state index in [2.05, 4.69) is 6.92 Å². The second kappa shape index (κ2) is 2.71. The Morgan fingerprint density at radius 1 is 1.17 bits per heavy atom. The molecule has 1 heterocycles. The fourth-order valence-electron chi connectivity index (χ4n) is 2.37. The number of hydrogen-bond acceptors (Lipinski definition) is 2. The van der Waals surface area contributed by atoms with Crippen LogP contribution in [0.1, 0.15) is 40.0 Å². The molecule has 0 N–H and O–H groups in total. The first-order valence-corrected chi connectivity index (χ1v) is 4.94. The SMILES string of the molecule is C[C@H]1CCC[C@@H]2OC(C)(C)O[C@@H]21. The third-order valence-electron chi connectivity index (χ3n) is 2.93. The lowest BCUT2D eigenvalue weighted by molar-refractivity contribution is -0.148. The van der Waals surface area contributed by atoms with Gasteiger partial charge < -0.3 is 9.47 Å². The van der Waals surface area contributed by atoms with Gasteiger partial charge in [-0.25, -0.2) is 0 Å². The van der Waals surface area contributed by atoms with Crippen LogP contribution < -0.4 is 0 Å². The summed E-state index contributed by atoms with van der Waals surface area (Å²) in [6, 6.07) is 0. The van der Waals surface area contributed by atoms with Crippen molar-refractivity contribution in [2.45, 2.75) is 58.0 Å². The minimum absolute atomic E-state index is 0.339. The Labute approximate surface area is 74.2 Å². The van der Waals surface area contributed by atoms with E-state index in [0.29, 0.717) is 18.1 Å². The summed E-state index contributed by atoms with van der Waals surface area (Å²) < 4.78 is 11.6. The second-order valence-electron chi connectivity index (χ2n) is 4.55. The largest absolute Gasteiger partial charge is 0.345 e. The van der Waals surface area contributed by atoms with E-state index in [9.17, 15) is 0 Å².